The first-order valence-corrected chi connectivity index (χ1v) is 6.02. The van der Waals surface area contributed by atoms with Gasteiger partial charge in [0.2, 0.25) is 0 Å². The molecule has 0 radical (unpaired) electrons. The first-order chi connectivity index (χ1) is 7.16. The molecule has 4 heteroatoms. The van der Waals surface area contributed by atoms with Crippen LogP contribution in [0.1, 0.15) is 27.4 Å². The van der Waals surface area contributed by atoms with E-state index >= 15 is 0 Å². The van der Waals surface area contributed by atoms with Gasteiger partial charge < -0.3 is 10.0 Å². The molecule has 1 aromatic rings. The first kappa shape index (κ1) is 10.6. The Balaban J connectivity index is 2.02. The lowest BCUT2D eigenvalue weighted by Gasteiger charge is -2.29. The number of hydrogen-bond acceptors (Lipinski definition) is 3. The fraction of sp³-hybridized carbons (Fsp3) is 0.545. The van der Waals surface area contributed by atoms with Crippen molar-refractivity contribution >= 4 is 17.2 Å². The van der Waals surface area contributed by atoms with E-state index < -0.39 is 0 Å². The van der Waals surface area contributed by atoms with Gasteiger partial charge in [0, 0.05) is 18.0 Å². The molecule has 3 nitrogen and oxygen atoms in total. The van der Waals surface area contributed by atoms with Crippen molar-refractivity contribution in [1.29, 1.82) is 0 Å². The molecule has 0 atom stereocenters. The number of carbonyl (C=O) groups is 1. The maximum Gasteiger partial charge on any atom is 0.263 e. The van der Waals surface area contributed by atoms with Gasteiger partial charge in [-0.3, -0.25) is 4.79 Å². The lowest BCUT2D eigenvalue weighted by atomic mass is 10.1. The van der Waals surface area contributed by atoms with Gasteiger partial charge in [-0.15, -0.1) is 11.3 Å². The van der Waals surface area contributed by atoms with E-state index in [0.29, 0.717) is 25.9 Å². The van der Waals surface area contributed by atoms with Crippen molar-refractivity contribution in [3.8, 4) is 0 Å². The zero-order valence-corrected chi connectivity index (χ0v) is 9.59. The monoisotopic (exact) mass is 225 g/mol. The Kier molecular flexibility index (Phi) is 3.07. The zero-order chi connectivity index (χ0) is 10.8. The van der Waals surface area contributed by atoms with Gasteiger partial charge in [-0.25, -0.2) is 0 Å². The Morgan fingerprint density at radius 2 is 2.13 bits per heavy atom. The van der Waals surface area contributed by atoms with Crippen molar-refractivity contribution in [2.45, 2.75) is 25.9 Å². The van der Waals surface area contributed by atoms with Gasteiger partial charge in [0.15, 0.2) is 0 Å². The first-order valence-electron chi connectivity index (χ1n) is 5.20. The average Bonchev–Trinajstić information content (AvgIpc) is 2.65. The van der Waals surface area contributed by atoms with Crippen LogP contribution in [0, 0.1) is 6.92 Å². The van der Waals surface area contributed by atoms with Crippen LogP contribution in [0.4, 0.5) is 0 Å². The van der Waals surface area contributed by atoms with Crippen LogP contribution in [0.25, 0.3) is 0 Å². The van der Waals surface area contributed by atoms with Crippen LogP contribution in [0.5, 0.6) is 0 Å². The summed E-state index contributed by atoms with van der Waals surface area (Å²) in [5.74, 6) is 0.111. The fourth-order valence-electron chi connectivity index (χ4n) is 1.77. The number of aliphatic hydroxyl groups excluding tert-OH is 1. The van der Waals surface area contributed by atoms with E-state index in [9.17, 15) is 9.90 Å². The smallest absolute Gasteiger partial charge is 0.263 e. The molecule has 1 aliphatic heterocycles. The predicted octanol–water partition coefficient (Wildman–Crippen LogP) is 1.65. The Hall–Kier alpha value is -0.870. The highest BCUT2D eigenvalue weighted by atomic mass is 32.1. The highest BCUT2D eigenvalue weighted by Crippen LogP contribution is 2.19. The minimum absolute atomic E-state index is 0.111. The van der Waals surface area contributed by atoms with Crippen molar-refractivity contribution < 1.29 is 9.90 Å². The number of aryl methyl sites for hydroxylation is 1. The Morgan fingerprint density at radius 3 is 2.67 bits per heavy atom. The molecule has 0 aliphatic carbocycles. The number of aliphatic hydroxyl groups is 1. The molecule has 0 spiro atoms. The number of nitrogens with zero attached hydrogens (tertiary/aromatic N) is 1. The number of likely N-dealkylation sites (tertiary alicyclic amines) is 1. The van der Waals surface area contributed by atoms with Gasteiger partial charge >= 0.3 is 0 Å². The highest BCUT2D eigenvalue weighted by Gasteiger charge is 2.22. The van der Waals surface area contributed by atoms with Crippen molar-refractivity contribution in [2.24, 2.45) is 0 Å². The van der Waals surface area contributed by atoms with Gasteiger partial charge in [0.25, 0.3) is 5.91 Å². The molecule has 2 heterocycles. The number of thiophene rings is 1. The second-order valence-corrected chi connectivity index (χ2v) is 5.22. The molecule has 0 bridgehead atoms. The summed E-state index contributed by atoms with van der Waals surface area (Å²) in [4.78, 5) is 15.8. The lowest BCUT2D eigenvalue weighted by Crippen LogP contribution is -2.39. The predicted molar refractivity (Wildman–Crippen MR) is 60.2 cm³/mol. The van der Waals surface area contributed by atoms with Crippen LogP contribution < -0.4 is 0 Å². The van der Waals surface area contributed by atoms with Crippen LogP contribution in [0.15, 0.2) is 12.1 Å². The van der Waals surface area contributed by atoms with Gasteiger partial charge in [0.1, 0.15) is 0 Å². The van der Waals surface area contributed by atoms with Crippen LogP contribution >= 0.6 is 11.3 Å². The fourth-order valence-corrected chi connectivity index (χ4v) is 2.61. The van der Waals surface area contributed by atoms with E-state index in [-0.39, 0.29) is 12.0 Å². The van der Waals surface area contributed by atoms with E-state index in [2.05, 4.69) is 0 Å². The third-order valence-corrected chi connectivity index (χ3v) is 3.69. The van der Waals surface area contributed by atoms with Crippen molar-refractivity contribution in [3.05, 3.63) is 21.9 Å². The normalized spacial score (nSPS) is 18.1. The number of piperidine rings is 1. The Labute approximate surface area is 93.3 Å². The SMILES string of the molecule is Cc1ccc(C(=O)N2CCC(O)CC2)s1. The summed E-state index contributed by atoms with van der Waals surface area (Å²) in [5.41, 5.74) is 0. The third-order valence-electron chi connectivity index (χ3n) is 2.70. The second kappa shape index (κ2) is 4.33. The van der Waals surface area contributed by atoms with Crippen LogP contribution in [-0.4, -0.2) is 35.1 Å². The highest BCUT2D eigenvalue weighted by molar-refractivity contribution is 7.13. The summed E-state index contributed by atoms with van der Waals surface area (Å²) in [6.45, 7) is 3.36. The van der Waals surface area contributed by atoms with Crippen molar-refractivity contribution in [2.75, 3.05) is 13.1 Å². The molecular formula is C11H15NO2S. The standard InChI is InChI=1S/C11H15NO2S/c1-8-2-3-10(15-8)11(14)12-6-4-9(13)5-7-12/h2-3,9,13H,4-7H2,1H3. The summed E-state index contributed by atoms with van der Waals surface area (Å²) in [7, 11) is 0. The summed E-state index contributed by atoms with van der Waals surface area (Å²) >= 11 is 1.54. The van der Waals surface area contributed by atoms with Crippen LogP contribution in [0.3, 0.4) is 0 Å². The topological polar surface area (TPSA) is 40.5 Å². The number of hydrogen-bond donors (Lipinski definition) is 1. The average molecular weight is 225 g/mol. The van der Waals surface area contributed by atoms with Gasteiger partial charge in [-0.2, -0.15) is 0 Å². The number of rotatable bonds is 1. The molecule has 1 aliphatic rings. The molecule has 1 N–H and O–H groups in total. The van der Waals surface area contributed by atoms with Gasteiger partial charge in [-0.05, 0) is 31.9 Å². The second-order valence-electron chi connectivity index (χ2n) is 3.93. The Morgan fingerprint density at radius 1 is 1.47 bits per heavy atom. The van der Waals surface area contributed by atoms with Gasteiger partial charge in [-0.1, -0.05) is 0 Å². The molecule has 0 saturated carbocycles. The van der Waals surface area contributed by atoms with Gasteiger partial charge in [0.05, 0.1) is 11.0 Å². The van der Waals surface area contributed by atoms with Crippen LogP contribution in [0.2, 0.25) is 0 Å². The van der Waals surface area contributed by atoms with E-state index in [0.717, 1.165) is 9.75 Å². The molecule has 82 valence electrons. The molecule has 1 saturated heterocycles. The molecule has 1 fully saturated rings. The van der Waals surface area contributed by atoms with E-state index in [4.69, 9.17) is 0 Å². The van der Waals surface area contributed by atoms with E-state index in [1.807, 2.05) is 24.0 Å². The molecule has 15 heavy (non-hydrogen) atoms. The van der Waals surface area contributed by atoms with E-state index in [1.165, 1.54) is 11.3 Å². The Bertz CT molecular complexity index is 353. The van der Waals surface area contributed by atoms with E-state index in [1.54, 1.807) is 0 Å². The summed E-state index contributed by atoms with van der Waals surface area (Å²) in [6, 6.07) is 3.85. The summed E-state index contributed by atoms with van der Waals surface area (Å²) in [6.07, 6.45) is 1.19. The largest absolute Gasteiger partial charge is 0.393 e. The van der Waals surface area contributed by atoms with Crippen LogP contribution in [-0.2, 0) is 0 Å². The molecular weight excluding hydrogens is 210 g/mol. The maximum absolute atomic E-state index is 12.0. The number of carbonyl (C=O) groups excluding carboxylic acids is 1. The zero-order valence-electron chi connectivity index (χ0n) is 8.77. The molecule has 1 amide bonds. The minimum atomic E-state index is -0.223. The summed E-state index contributed by atoms with van der Waals surface area (Å²) in [5, 5.41) is 9.35. The quantitative estimate of drug-likeness (QED) is 0.789. The molecule has 2 rings (SSSR count). The molecule has 0 unspecified atom stereocenters. The molecule has 0 aromatic carbocycles. The van der Waals surface area contributed by atoms with Crippen molar-refractivity contribution in [3.63, 3.8) is 0 Å². The minimum Gasteiger partial charge on any atom is -0.393 e. The lowest BCUT2D eigenvalue weighted by molar-refractivity contribution is 0.0550. The van der Waals surface area contributed by atoms with Crippen molar-refractivity contribution in [1.82, 2.24) is 4.90 Å². The number of amides is 1. The maximum atomic E-state index is 12.0. The third kappa shape index (κ3) is 2.38. The summed E-state index contributed by atoms with van der Waals surface area (Å²) < 4.78 is 0. The molecule has 1 aromatic heterocycles.